The van der Waals surface area contributed by atoms with Gasteiger partial charge in [0.2, 0.25) is 0 Å². The molecule has 2 rings (SSSR count). The first-order chi connectivity index (χ1) is 15.3. The molecule has 0 saturated carbocycles. The van der Waals surface area contributed by atoms with Crippen LogP contribution in [0.5, 0.6) is 0 Å². The Hall–Kier alpha value is -2.09. The second-order valence-corrected chi connectivity index (χ2v) is 8.73. The summed E-state index contributed by atoms with van der Waals surface area (Å²) in [4.78, 5) is 15.7. The fourth-order valence-electron chi connectivity index (χ4n) is 4.21. The molecule has 2 aromatic carbocycles. The van der Waals surface area contributed by atoms with Crippen LogP contribution in [0.1, 0.15) is 107 Å². The Kier molecular flexibility index (Phi) is 12.7. The van der Waals surface area contributed by atoms with E-state index >= 15 is 0 Å². The van der Waals surface area contributed by atoms with Gasteiger partial charge in [0.05, 0.1) is 0 Å². The summed E-state index contributed by atoms with van der Waals surface area (Å²) < 4.78 is 0. The van der Waals surface area contributed by atoms with Gasteiger partial charge in [-0.3, -0.25) is 4.79 Å². The van der Waals surface area contributed by atoms with Gasteiger partial charge < -0.3 is 4.90 Å². The molecule has 0 aliphatic carbocycles. The van der Waals surface area contributed by atoms with Gasteiger partial charge in [0, 0.05) is 29.9 Å². The lowest BCUT2D eigenvalue weighted by molar-refractivity contribution is 0.103. The summed E-state index contributed by atoms with van der Waals surface area (Å²) in [7, 11) is 0. The minimum atomic E-state index is 0.132. The fraction of sp³-hybridized carbons (Fsp3) is 0.552. The van der Waals surface area contributed by atoms with Crippen LogP contribution in [0.15, 0.2) is 54.6 Å². The monoisotopic (exact) mass is 421 g/mol. The molecule has 0 aliphatic rings. The largest absolute Gasteiger partial charge is 0.371 e. The van der Waals surface area contributed by atoms with Gasteiger partial charge >= 0.3 is 0 Å². The molecule has 0 radical (unpaired) electrons. The first kappa shape index (κ1) is 25.2. The Morgan fingerprint density at radius 1 is 0.613 bits per heavy atom. The van der Waals surface area contributed by atoms with Crippen molar-refractivity contribution in [1.82, 2.24) is 0 Å². The number of ketones is 1. The van der Waals surface area contributed by atoms with E-state index in [1.165, 1.54) is 77.0 Å². The molecular formula is C29H43NO. The third kappa shape index (κ3) is 9.29. The summed E-state index contributed by atoms with van der Waals surface area (Å²) >= 11 is 0. The van der Waals surface area contributed by atoms with Crippen LogP contribution in [0.2, 0.25) is 0 Å². The van der Waals surface area contributed by atoms with E-state index in [4.69, 9.17) is 0 Å². The first-order valence-corrected chi connectivity index (χ1v) is 12.7. The highest BCUT2D eigenvalue weighted by Crippen LogP contribution is 2.25. The molecule has 2 aromatic rings. The Balaban J connectivity index is 2.05. The normalized spacial score (nSPS) is 10.9. The summed E-state index contributed by atoms with van der Waals surface area (Å²) in [6, 6.07) is 17.9. The van der Waals surface area contributed by atoms with Gasteiger partial charge in [0.15, 0.2) is 5.78 Å². The molecule has 0 saturated heterocycles. The summed E-state index contributed by atoms with van der Waals surface area (Å²) in [5.74, 6) is 0.132. The molecule has 170 valence electrons. The quantitative estimate of drug-likeness (QED) is 0.189. The second kappa shape index (κ2) is 15.7. The van der Waals surface area contributed by atoms with Crippen LogP contribution >= 0.6 is 0 Å². The minimum Gasteiger partial charge on any atom is -0.371 e. The number of anilines is 1. The molecule has 0 unspecified atom stereocenters. The van der Waals surface area contributed by atoms with Crippen LogP contribution in [-0.4, -0.2) is 18.9 Å². The first-order valence-electron chi connectivity index (χ1n) is 12.7. The SMILES string of the molecule is CCCCCCCCN(CCCCCCCC)c1ccccc1C(=O)c1ccccc1. The van der Waals surface area contributed by atoms with Gasteiger partial charge in [-0.25, -0.2) is 0 Å². The van der Waals surface area contributed by atoms with Gasteiger partial charge in [-0.2, -0.15) is 0 Å². The highest BCUT2D eigenvalue weighted by atomic mass is 16.1. The Labute approximate surface area is 191 Å². The lowest BCUT2D eigenvalue weighted by Gasteiger charge is -2.27. The Morgan fingerprint density at radius 3 is 1.68 bits per heavy atom. The average molecular weight is 422 g/mol. The molecule has 0 aromatic heterocycles. The predicted molar refractivity (Wildman–Crippen MR) is 135 cm³/mol. The number of carbonyl (C=O) groups is 1. The van der Waals surface area contributed by atoms with E-state index in [9.17, 15) is 4.79 Å². The number of benzene rings is 2. The summed E-state index contributed by atoms with van der Waals surface area (Å²) in [6.07, 6.45) is 15.6. The molecule has 0 bridgehead atoms. The molecule has 0 heterocycles. The number of hydrogen-bond donors (Lipinski definition) is 0. The van der Waals surface area contributed by atoms with Gasteiger partial charge in [-0.05, 0) is 25.0 Å². The molecule has 0 amide bonds. The molecule has 0 atom stereocenters. The zero-order valence-corrected chi connectivity index (χ0v) is 20.0. The van der Waals surface area contributed by atoms with Gasteiger partial charge in [-0.15, -0.1) is 0 Å². The smallest absolute Gasteiger partial charge is 0.195 e. The maximum absolute atomic E-state index is 13.2. The zero-order chi connectivity index (χ0) is 22.2. The van der Waals surface area contributed by atoms with Crippen molar-refractivity contribution in [2.24, 2.45) is 0 Å². The highest BCUT2D eigenvalue weighted by molar-refractivity contribution is 6.12. The molecular weight excluding hydrogens is 378 g/mol. The molecule has 0 fully saturated rings. The van der Waals surface area contributed by atoms with Gasteiger partial charge in [0.25, 0.3) is 0 Å². The van der Waals surface area contributed by atoms with Crippen LogP contribution in [0, 0.1) is 0 Å². The fourth-order valence-corrected chi connectivity index (χ4v) is 4.21. The highest BCUT2D eigenvalue weighted by Gasteiger charge is 2.17. The third-order valence-electron chi connectivity index (χ3n) is 6.09. The number of para-hydroxylation sites is 1. The minimum absolute atomic E-state index is 0.132. The van der Waals surface area contributed by atoms with Crippen molar-refractivity contribution in [3.8, 4) is 0 Å². The van der Waals surface area contributed by atoms with E-state index < -0.39 is 0 Å². The van der Waals surface area contributed by atoms with Crippen molar-refractivity contribution in [2.75, 3.05) is 18.0 Å². The number of carbonyl (C=O) groups excluding carboxylic acids is 1. The summed E-state index contributed by atoms with van der Waals surface area (Å²) in [5.41, 5.74) is 2.72. The Morgan fingerprint density at radius 2 is 1.10 bits per heavy atom. The molecule has 2 nitrogen and oxygen atoms in total. The standard InChI is InChI=1S/C29H43NO/c1-3-5-7-9-11-18-24-30(25-19-12-10-8-6-4-2)28-23-17-16-22-27(28)29(31)26-20-14-13-15-21-26/h13-17,20-23H,3-12,18-19,24-25H2,1-2H3. The van der Waals surface area contributed by atoms with Crippen molar-refractivity contribution in [2.45, 2.75) is 90.9 Å². The zero-order valence-electron chi connectivity index (χ0n) is 20.0. The van der Waals surface area contributed by atoms with E-state index in [1.54, 1.807) is 0 Å². The lowest BCUT2D eigenvalue weighted by atomic mass is 10.0. The van der Waals surface area contributed by atoms with Crippen LogP contribution in [0.25, 0.3) is 0 Å². The maximum atomic E-state index is 13.2. The van der Waals surface area contributed by atoms with Crippen LogP contribution < -0.4 is 4.90 Å². The van der Waals surface area contributed by atoms with Crippen molar-refractivity contribution in [3.05, 3.63) is 65.7 Å². The van der Waals surface area contributed by atoms with Crippen molar-refractivity contribution in [1.29, 1.82) is 0 Å². The van der Waals surface area contributed by atoms with E-state index in [0.717, 1.165) is 29.9 Å². The lowest BCUT2D eigenvalue weighted by Crippen LogP contribution is -2.27. The van der Waals surface area contributed by atoms with Crippen LogP contribution in [0.4, 0.5) is 5.69 Å². The number of unbranched alkanes of at least 4 members (excludes halogenated alkanes) is 10. The molecule has 2 heteroatoms. The van der Waals surface area contributed by atoms with Crippen molar-refractivity contribution < 1.29 is 4.79 Å². The number of hydrogen-bond acceptors (Lipinski definition) is 2. The number of nitrogens with zero attached hydrogens (tertiary/aromatic N) is 1. The third-order valence-corrected chi connectivity index (χ3v) is 6.09. The molecule has 0 spiro atoms. The summed E-state index contributed by atoms with van der Waals surface area (Å²) in [6.45, 7) is 6.62. The number of rotatable bonds is 17. The van der Waals surface area contributed by atoms with Gasteiger partial charge in [0.1, 0.15) is 0 Å². The predicted octanol–water partition coefficient (Wildman–Crippen LogP) is 8.45. The van der Waals surface area contributed by atoms with E-state index in [2.05, 4.69) is 30.9 Å². The van der Waals surface area contributed by atoms with E-state index in [-0.39, 0.29) is 5.78 Å². The maximum Gasteiger partial charge on any atom is 0.195 e. The van der Waals surface area contributed by atoms with Crippen LogP contribution in [-0.2, 0) is 0 Å². The average Bonchev–Trinajstić information content (AvgIpc) is 2.82. The molecule has 0 aliphatic heterocycles. The topological polar surface area (TPSA) is 20.3 Å². The Bertz CT molecular complexity index is 709. The van der Waals surface area contributed by atoms with E-state index in [1.807, 2.05) is 42.5 Å². The second-order valence-electron chi connectivity index (χ2n) is 8.73. The van der Waals surface area contributed by atoms with Crippen molar-refractivity contribution in [3.63, 3.8) is 0 Å². The summed E-state index contributed by atoms with van der Waals surface area (Å²) in [5, 5.41) is 0. The van der Waals surface area contributed by atoms with Crippen molar-refractivity contribution >= 4 is 11.5 Å². The molecule has 31 heavy (non-hydrogen) atoms. The van der Waals surface area contributed by atoms with Gasteiger partial charge in [-0.1, -0.05) is 121 Å². The molecule has 0 N–H and O–H groups in total. The van der Waals surface area contributed by atoms with E-state index in [0.29, 0.717) is 0 Å². The van der Waals surface area contributed by atoms with Crippen LogP contribution in [0.3, 0.4) is 0 Å².